The summed E-state index contributed by atoms with van der Waals surface area (Å²) in [6.07, 6.45) is 1.79. The van der Waals surface area contributed by atoms with E-state index < -0.39 is 0 Å². The minimum absolute atomic E-state index is 0. The number of halogens is 1. The lowest BCUT2D eigenvalue weighted by Gasteiger charge is -2.62. The predicted octanol–water partition coefficient (Wildman–Crippen LogP) is 1.94. The Kier molecular flexibility index (Phi) is 7.19. The lowest BCUT2D eigenvalue weighted by Crippen LogP contribution is -2.72. The first-order chi connectivity index (χ1) is 9.13. The Balaban J connectivity index is 0.00000400. The van der Waals surface area contributed by atoms with Gasteiger partial charge in [0.15, 0.2) is 5.96 Å². The Bertz CT molecular complexity index is 416. The van der Waals surface area contributed by atoms with Gasteiger partial charge in [0.2, 0.25) is 5.91 Å². The second-order valence-corrected chi connectivity index (χ2v) is 6.63. The van der Waals surface area contributed by atoms with Gasteiger partial charge in [-0.3, -0.25) is 4.79 Å². The minimum atomic E-state index is 0. The van der Waals surface area contributed by atoms with Gasteiger partial charge in [0.1, 0.15) is 6.54 Å². The number of rotatable bonds is 4. The molecule has 0 atom stereocenters. The van der Waals surface area contributed by atoms with Crippen LogP contribution in [0.3, 0.4) is 0 Å². The number of aliphatic imine (C=N–C) groups is 1. The van der Waals surface area contributed by atoms with E-state index in [4.69, 9.17) is 0 Å². The van der Waals surface area contributed by atoms with Crippen molar-refractivity contribution in [1.29, 1.82) is 0 Å². The Hall–Kier alpha value is -0.790. The summed E-state index contributed by atoms with van der Waals surface area (Å²) in [5.74, 6) is 0.782. The Morgan fingerprint density at radius 2 is 1.95 bits per heavy atom. The molecular weight excluding hydrogens is 379 g/mol. The summed E-state index contributed by atoms with van der Waals surface area (Å²) in [5, 5.41) is 3.25. The quantitative estimate of drug-likeness (QED) is 0.335. The summed E-state index contributed by atoms with van der Waals surface area (Å²) in [5.41, 5.74) is 0.246. The zero-order chi connectivity index (χ0) is 15.6. The molecule has 0 bridgehead atoms. The molecule has 0 saturated carbocycles. The number of nitrogens with zero attached hydrogens (tertiary/aromatic N) is 3. The molecule has 0 aromatic rings. The van der Waals surface area contributed by atoms with E-state index in [0.29, 0.717) is 6.54 Å². The number of guanidine groups is 1. The van der Waals surface area contributed by atoms with Crippen molar-refractivity contribution in [2.24, 2.45) is 10.4 Å². The fourth-order valence-corrected chi connectivity index (χ4v) is 2.08. The molecule has 0 radical (unpaired) electrons. The number of hydrogen-bond donors (Lipinski definition) is 1. The largest absolute Gasteiger partial charge is 0.353 e. The third-order valence-electron chi connectivity index (χ3n) is 4.41. The van der Waals surface area contributed by atoms with Crippen molar-refractivity contribution in [3.8, 4) is 0 Å². The summed E-state index contributed by atoms with van der Waals surface area (Å²) in [7, 11) is 3.48. The van der Waals surface area contributed by atoms with E-state index in [2.05, 4.69) is 49.5 Å². The van der Waals surface area contributed by atoms with Crippen LogP contribution in [0.15, 0.2) is 17.6 Å². The molecule has 1 aliphatic rings. The maximum Gasteiger partial charge on any atom is 0.243 e. The van der Waals surface area contributed by atoms with Gasteiger partial charge in [-0.2, -0.15) is 0 Å². The van der Waals surface area contributed by atoms with Crippen LogP contribution in [-0.4, -0.2) is 60.9 Å². The van der Waals surface area contributed by atoms with Gasteiger partial charge in [0.25, 0.3) is 0 Å². The van der Waals surface area contributed by atoms with E-state index >= 15 is 0 Å². The second-order valence-electron chi connectivity index (χ2n) is 6.63. The molecule has 0 spiro atoms. The predicted molar refractivity (Wildman–Crippen MR) is 99.2 cm³/mol. The molecule has 1 heterocycles. The number of carbonyl (C=O) groups excluding carboxylic acids is 1. The van der Waals surface area contributed by atoms with Gasteiger partial charge in [0.05, 0.1) is 0 Å². The molecule has 0 aromatic heterocycles. The molecule has 1 amide bonds. The SMILES string of the molecule is C=CCNC(=NCC(=O)N(C)C)N1CC(C)(C)C1(C)C.I. The van der Waals surface area contributed by atoms with Crippen molar-refractivity contribution < 1.29 is 4.79 Å². The molecule has 1 N–H and O–H groups in total. The average Bonchev–Trinajstić information content (AvgIpc) is 2.36. The topological polar surface area (TPSA) is 47.9 Å². The van der Waals surface area contributed by atoms with Crippen molar-refractivity contribution in [1.82, 2.24) is 15.1 Å². The first-order valence-corrected chi connectivity index (χ1v) is 7.00. The molecule has 0 unspecified atom stereocenters. The molecule has 1 rings (SSSR count). The first-order valence-electron chi connectivity index (χ1n) is 7.00. The van der Waals surface area contributed by atoms with Crippen molar-refractivity contribution in [3.63, 3.8) is 0 Å². The molecule has 6 heteroatoms. The Morgan fingerprint density at radius 3 is 2.33 bits per heavy atom. The van der Waals surface area contributed by atoms with Gasteiger partial charge < -0.3 is 15.1 Å². The van der Waals surface area contributed by atoms with E-state index in [-0.39, 0.29) is 47.4 Å². The van der Waals surface area contributed by atoms with Crippen molar-refractivity contribution in [3.05, 3.63) is 12.7 Å². The van der Waals surface area contributed by atoms with Gasteiger partial charge >= 0.3 is 0 Å². The molecular formula is C15H29IN4O. The third-order valence-corrected chi connectivity index (χ3v) is 4.41. The van der Waals surface area contributed by atoms with Crippen LogP contribution < -0.4 is 5.32 Å². The van der Waals surface area contributed by atoms with E-state index in [1.54, 1.807) is 25.1 Å². The number of hydrogen-bond acceptors (Lipinski definition) is 2. The van der Waals surface area contributed by atoms with Gasteiger partial charge in [-0.05, 0) is 13.8 Å². The molecule has 122 valence electrons. The fourth-order valence-electron chi connectivity index (χ4n) is 2.08. The highest BCUT2D eigenvalue weighted by molar-refractivity contribution is 14.0. The lowest BCUT2D eigenvalue weighted by atomic mass is 9.65. The van der Waals surface area contributed by atoms with Gasteiger partial charge in [-0.25, -0.2) is 4.99 Å². The van der Waals surface area contributed by atoms with Crippen molar-refractivity contribution >= 4 is 35.8 Å². The molecule has 21 heavy (non-hydrogen) atoms. The highest BCUT2D eigenvalue weighted by atomic mass is 127. The van der Waals surface area contributed by atoms with Crippen LogP contribution in [0.5, 0.6) is 0 Å². The highest BCUT2D eigenvalue weighted by Crippen LogP contribution is 2.46. The summed E-state index contributed by atoms with van der Waals surface area (Å²) in [6, 6.07) is 0. The zero-order valence-corrected chi connectivity index (χ0v) is 16.4. The molecule has 1 fully saturated rings. The van der Waals surface area contributed by atoms with Crippen molar-refractivity contribution in [2.45, 2.75) is 33.2 Å². The third kappa shape index (κ3) is 4.34. The Morgan fingerprint density at radius 1 is 1.38 bits per heavy atom. The van der Waals surface area contributed by atoms with E-state index in [9.17, 15) is 4.79 Å². The van der Waals surface area contributed by atoms with E-state index in [0.717, 1.165) is 12.5 Å². The summed E-state index contributed by atoms with van der Waals surface area (Å²) in [6.45, 7) is 14.4. The first kappa shape index (κ1) is 20.2. The molecule has 0 aliphatic carbocycles. The van der Waals surface area contributed by atoms with Gasteiger partial charge in [0, 0.05) is 38.1 Å². The van der Waals surface area contributed by atoms with Crippen LogP contribution in [0.2, 0.25) is 0 Å². The zero-order valence-electron chi connectivity index (χ0n) is 14.1. The molecule has 1 aliphatic heterocycles. The normalized spacial score (nSPS) is 19.1. The molecule has 1 saturated heterocycles. The summed E-state index contributed by atoms with van der Waals surface area (Å²) >= 11 is 0. The summed E-state index contributed by atoms with van der Waals surface area (Å²) in [4.78, 5) is 19.9. The smallest absolute Gasteiger partial charge is 0.243 e. The molecule has 5 nitrogen and oxygen atoms in total. The van der Waals surface area contributed by atoms with Crippen LogP contribution in [0.25, 0.3) is 0 Å². The number of nitrogens with one attached hydrogen (secondary N) is 1. The lowest BCUT2D eigenvalue weighted by molar-refractivity contribution is -0.127. The minimum Gasteiger partial charge on any atom is -0.353 e. The molecule has 0 aromatic carbocycles. The maximum absolute atomic E-state index is 11.7. The van der Waals surface area contributed by atoms with Gasteiger partial charge in [-0.1, -0.05) is 19.9 Å². The second kappa shape index (κ2) is 7.47. The summed E-state index contributed by atoms with van der Waals surface area (Å²) < 4.78 is 0. The van der Waals surface area contributed by atoms with Crippen LogP contribution in [0.4, 0.5) is 0 Å². The fraction of sp³-hybridized carbons (Fsp3) is 0.733. The monoisotopic (exact) mass is 408 g/mol. The maximum atomic E-state index is 11.7. The van der Waals surface area contributed by atoms with Crippen molar-refractivity contribution in [2.75, 3.05) is 33.7 Å². The van der Waals surface area contributed by atoms with Gasteiger partial charge in [-0.15, -0.1) is 30.6 Å². The number of carbonyl (C=O) groups is 1. The number of likely N-dealkylation sites (tertiary alicyclic amines) is 1. The number of amides is 1. The van der Waals surface area contributed by atoms with Crippen LogP contribution >= 0.6 is 24.0 Å². The van der Waals surface area contributed by atoms with E-state index in [1.807, 2.05) is 0 Å². The average molecular weight is 408 g/mol. The standard InChI is InChI=1S/C15H28N4O.HI/c1-8-9-16-13(17-10-12(20)18(6)7)19-11-14(2,3)15(19,4)5;/h8H,1,9-11H2,2-7H3,(H,16,17);1H. The van der Waals surface area contributed by atoms with Crippen LogP contribution in [-0.2, 0) is 4.79 Å². The highest BCUT2D eigenvalue weighted by Gasteiger charge is 2.53. The van der Waals surface area contributed by atoms with E-state index in [1.165, 1.54) is 0 Å². The Labute approximate surface area is 145 Å². The van der Waals surface area contributed by atoms with Crippen LogP contribution in [0, 0.1) is 5.41 Å². The van der Waals surface area contributed by atoms with Crippen LogP contribution in [0.1, 0.15) is 27.7 Å². The number of likely N-dealkylation sites (N-methyl/N-ethyl adjacent to an activating group) is 1.